The summed E-state index contributed by atoms with van der Waals surface area (Å²) < 4.78 is 0. The molecule has 0 aromatic heterocycles. The molecule has 2 nitrogen and oxygen atoms in total. The Morgan fingerprint density at radius 2 is 2.00 bits per heavy atom. The lowest BCUT2D eigenvalue weighted by Crippen LogP contribution is -2.42. The SMILES string of the molecule is Cc1ccc(C23CC2CNC3C(=O)C2CC2)cc1. The van der Waals surface area contributed by atoms with Crippen molar-refractivity contribution in [2.45, 2.75) is 37.6 Å². The van der Waals surface area contributed by atoms with Crippen molar-refractivity contribution < 1.29 is 4.79 Å². The third-order valence-corrected chi connectivity index (χ3v) is 5.09. The summed E-state index contributed by atoms with van der Waals surface area (Å²) in [6.07, 6.45) is 3.43. The topological polar surface area (TPSA) is 29.1 Å². The van der Waals surface area contributed by atoms with Gasteiger partial charge in [0, 0.05) is 11.3 Å². The number of aryl methyl sites for hydroxylation is 1. The van der Waals surface area contributed by atoms with Crippen LogP contribution in [0.25, 0.3) is 0 Å². The van der Waals surface area contributed by atoms with Gasteiger partial charge in [-0.3, -0.25) is 4.79 Å². The van der Waals surface area contributed by atoms with Crippen LogP contribution in [0.3, 0.4) is 0 Å². The average Bonchev–Trinajstić information content (AvgIpc) is 3.28. The van der Waals surface area contributed by atoms with Crippen LogP contribution in [0.2, 0.25) is 0 Å². The van der Waals surface area contributed by atoms with Crippen molar-refractivity contribution in [3.05, 3.63) is 35.4 Å². The summed E-state index contributed by atoms with van der Waals surface area (Å²) >= 11 is 0. The fourth-order valence-electron chi connectivity index (χ4n) is 3.74. The number of hydrogen-bond acceptors (Lipinski definition) is 2. The molecule has 94 valence electrons. The van der Waals surface area contributed by atoms with E-state index in [4.69, 9.17) is 0 Å². The van der Waals surface area contributed by atoms with Gasteiger partial charge in [-0.25, -0.2) is 0 Å². The van der Waals surface area contributed by atoms with Gasteiger partial charge in [0.1, 0.15) is 0 Å². The van der Waals surface area contributed by atoms with Crippen molar-refractivity contribution >= 4 is 5.78 Å². The number of carbonyl (C=O) groups is 1. The van der Waals surface area contributed by atoms with E-state index >= 15 is 0 Å². The Labute approximate surface area is 108 Å². The molecule has 1 saturated heterocycles. The summed E-state index contributed by atoms with van der Waals surface area (Å²) in [6, 6.07) is 8.91. The van der Waals surface area contributed by atoms with E-state index in [0.29, 0.717) is 17.6 Å². The van der Waals surface area contributed by atoms with Crippen molar-refractivity contribution in [3.8, 4) is 0 Å². The highest BCUT2D eigenvalue weighted by molar-refractivity contribution is 5.91. The number of benzene rings is 1. The number of Topliss-reactive ketones (excluding diaryl/α,β-unsaturated/α-hetero) is 1. The summed E-state index contributed by atoms with van der Waals surface area (Å²) in [6.45, 7) is 3.14. The van der Waals surface area contributed by atoms with Crippen LogP contribution < -0.4 is 5.32 Å². The molecule has 3 aliphatic rings. The van der Waals surface area contributed by atoms with Crippen molar-refractivity contribution in [1.82, 2.24) is 5.32 Å². The van der Waals surface area contributed by atoms with E-state index in [-0.39, 0.29) is 11.5 Å². The molecule has 0 amide bonds. The van der Waals surface area contributed by atoms with Crippen molar-refractivity contribution in [2.24, 2.45) is 11.8 Å². The number of ketones is 1. The second kappa shape index (κ2) is 3.45. The zero-order chi connectivity index (χ0) is 12.3. The number of rotatable bonds is 3. The van der Waals surface area contributed by atoms with E-state index in [0.717, 1.165) is 19.4 Å². The van der Waals surface area contributed by atoms with Gasteiger partial charge in [-0.05, 0) is 44.2 Å². The lowest BCUT2D eigenvalue weighted by Gasteiger charge is -2.23. The summed E-state index contributed by atoms with van der Waals surface area (Å²) in [5, 5.41) is 3.48. The minimum atomic E-state index is 0.0951. The highest BCUT2D eigenvalue weighted by Gasteiger charge is 2.66. The van der Waals surface area contributed by atoms with E-state index in [9.17, 15) is 4.79 Å². The maximum absolute atomic E-state index is 12.4. The first-order valence-corrected chi connectivity index (χ1v) is 7.06. The van der Waals surface area contributed by atoms with Gasteiger partial charge in [0.05, 0.1) is 6.04 Å². The first-order valence-electron chi connectivity index (χ1n) is 7.06. The molecule has 0 spiro atoms. The van der Waals surface area contributed by atoms with Gasteiger partial charge in [-0.1, -0.05) is 29.8 Å². The predicted molar refractivity (Wildman–Crippen MR) is 70.5 cm³/mol. The fraction of sp³-hybridized carbons (Fsp3) is 0.562. The molecule has 2 aliphatic carbocycles. The first kappa shape index (κ1) is 10.7. The predicted octanol–water partition coefficient (Wildman–Crippen LogP) is 2.20. The Morgan fingerprint density at radius 1 is 1.28 bits per heavy atom. The second-order valence-corrected chi connectivity index (χ2v) is 6.33. The minimum Gasteiger partial charge on any atom is -0.306 e. The quantitative estimate of drug-likeness (QED) is 0.879. The highest BCUT2D eigenvalue weighted by atomic mass is 16.1. The third-order valence-electron chi connectivity index (χ3n) is 5.09. The number of carbonyl (C=O) groups excluding carboxylic acids is 1. The van der Waals surface area contributed by atoms with Gasteiger partial charge in [0.2, 0.25) is 0 Å². The van der Waals surface area contributed by atoms with Crippen molar-refractivity contribution in [1.29, 1.82) is 0 Å². The molecule has 0 bridgehead atoms. The van der Waals surface area contributed by atoms with E-state index in [2.05, 4.69) is 36.5 Å². The molecule has 4 rings (SSSR count). The number of piperidine rings is 1. The summed E-state index contributed by atoms with van der Waals surface area (Å²) in [5.41, 5.74) is 2.82. The minimum absolute atomic E-state index is 0.0951. The Morgan fingerprint density at radius 3 is 2.61 bits per heavy atom. The lowest BCUT2D eigenvalue weighted by molar-refractivity contribution is -0.122. The molecule has 1 heterocycles. The van der Waals surface area contributed by atoms with E-state index in [1.54, 1.807) is 0 Å². The van der Waals surface area contributed by atoms with Crippen molar-refractivity contribution in [3.63, 3.8) is 0 Å². The Kier molecular flexibility index (Phi) is 2.06. The largest absolute Gasteiger partial charge is 0.306 e. The molecule has 1 aromatic carbocycles. The molecule has 2 heteroatoms. The number of fused-ring (bicyclic) bond motifs is 1. The van der Waals surface area contributed by atoms with Crippen LogP contribution >= 0.6 is 0 Å². The third kappa shape index (κ3) is 1.36. The van der Waals surface area contributed by atoms with E-state index < -0.39 is 0 Å². The molecule has 3 atom stereocenters. The Bertz CT molecular complexity index is 502. The first-order chi connectivity index (χ1) is 8.72. The number of hydrogen-bond donors (Lipinski definition) is 1. The van der Waals surface area contributed by atoms with E-state index in [1.165, 1.54) is 17.5 Å². The molecule has 3 unspecified atom stereocenters. The molecule has 1 aliphatic heterocycles. The van der Waals surface area contributed by atoms with Crippen LogP contribution in [0.15, 0.2) is 24.3 Å². The van der Waals surface area contributed by atoms with Crippen LogP contribution in [0.1, 0.15) is 30.4 Å². The van der Waals surface area contributed by atoms with Gasteiger partial charge < -0.3 is 5.32 Å². The van der Waals surface area contributed by atoms with Gasteiger partial charge in [0.15, 0.2) is 5.78 Å². The molecular formula is C16H19NO. The van der Waals surface area contributed by atoms with E-state index in [1.807, 2.05) is 0 Å². The molecule has 2 saturated carbocycles. The Balaban J connectivity index is 1.69. The zero-order valence-electron chi connectivity index (χ0n) is 10.8. The summed E-state index contributed by atoms with van der Waals surface area (Å²) in [5.74, 6) is 1.53. The van der Waals surface area contributed by atoms with Crippen molar-refractivity contribution in [2.75, 3.05) is 6.54 Å². The Hall–Kier alpha value is -1.15. The maximum atomic E-state index is 12.4. The monoisotopic (exact) mass is 241 g/mol. The average molecular weight is 241 g/mol. The van der Waals surface area contributed by atoms with Gasteiger partial charge in [-0.15, -0.1) is 0 Å². The van der Waals surface area contributed by atoms with Crippen LogP contribution in [0.5, 0.6) is 0 Å². The smallest absolute Gasteiger partial charge is 0.153 e. The van der Waals surface area contributed by atoms with Gasteiger partial charge >= 0.3 is 0 Å². The van der Waals surface area contributed by atoms with Crippen LogP contribution in [-0.2, 0) is 10.2 Å². The lowest BCUT2D eigenvalue weighted by atomic mass is 9.84. The standard InChI is InChI=1S/C16H19NO/c1-10-2-6-12(7-3-10)16-8-13(16)9-17-15(16)14(18)11-4-5-11/h2-3,6-7,11,13,15,17H,4-5,8-9H2,1H3. The van der Waals surface area contributed by atoms with Crippen LogP contribution in [-0.4, -0.2) is 18.4 Å². The summed E-state index contributed by atoms with van der Waals surface area (Å²) in [4.78, 5) is 12.4. The van der Waals surface area contributed by atoms with Crippen LogP contribution in [0.4, 0.5) is 0 Å². The molecular weight excluding hydrogens is 222 g/mol. The fourth-order valence-corrected chi connectivity index (χ4v) is 3.74. The molecule has 1 N–H and O–H groups in total. The number of nitrogens with one attached hydrogen (secondary N) is 1. The molecule has 18 heavy (non-hydrogen) atoms. The highest BCUT2D eigenvalue weighted by Crippen LogP contribution is 2.60. The molecule has 0 radical (unpaired) electrons. The van der Waals surface area contributed by atoms with Gasteiger partial charge in [0.25, 0.3) is 0 Å². The second-order valence-electron chi connectivity index (χ2n) is 6.33. The zero-order valence-corrected chi connectivity index (χ0v) is 10.8. The maximum Gasteiger partial charge on any atom is 0.153 e. The summed E-state index contributed by atoms with van der Waals surface area (Å²) in [7, 11) is 0. The van der Waals surface area contributed by atoms with Gasteiger partial charge in [-0.2, -0.15) is 0 Å². The normalized spacial score (nSPS) is 37.4. The van der Waals surface area contributed by atoms with Crippen LogP contribution in [0, 0.1) is 18.8 Å². The molecule has 3 fully saturated rings. The molecule has 1 aromatic rings.